The minimum atomic E-state index is -1.27. The van der Waals surface area contributed by atoms with Gasteiger partial charge in [-0.3, -0.25) is 9.55 Å². The SMILES string of the molecule is Oc1cc(-n2ccnc2-c2cccnc2)cc(F)c1F. The first-order valence-electron chi connectivity index (χ1n) is 5.79. The molecule has 0 unspecified atom stereocenters. The molecule has 0 aliphatic carbocycles. The fraction of sp³-hybridized carbons (Fsp3) is 0. The van der Waals surface area contributed by atoms with Gasteiger partial charge in [-0.05, 0) is 12.1 Å². The van der Waals surface area contributed by atoms with E-state index in [0.717, 1.165) is 17.7 Å². The molecule has 4 nitrogen and oxygen atoms in total. The summed E-state index contributed by atoms with van der Waals surface area (Å²) in [6.45, 7) is 0. The van der Waals surface area contributed by atoms with Crippen molar-refractivity contribution in [2.24, 2.45) is 0 Å². The van der Waals surface area contributed by atoms with Crippen LogP contribution < -0.4 is 0 Å². The first-order valence-corrected chi connectivity index (χ1v) is 5.79. The Labute approximate surface area is 113 Å². The molecule has 0 saturated heterocycles. The molecule has 1 N–H and O–H groups in total. The lowest BCUT2D eigenvalue weighted by molar-refractivity contribution is 0.406. The van der Waals surface area contributed by atoms with Crippen LogP contribution in [0.5, 0.6) is 5.75 Å². The molecule has 100 valence electrons. The molecule has 0 amide bonds. The van der Waals surface area contributed by atoms with Crippen molar-refractivity contribution < 1.29 is 13.9 Å². The van der Waals surface area contributed by atoms with E-state index in [2.05, 4.69) is 9.97 Å². The monoisotopic (exact) mass is 273 g/mol. The Morgan fingerprint density at radius 3 is 2.70 bits per heavy atom. The lowest BCUT2D eigenvalue weighted by Crippen LogP contribution is -1.98. The molecule has 0 aliphatic heterocycles. The zero-order valence-electron chi connectivity index (χ0n) is 10.2. The van der Waals surface area contributed by atoms with Gasteiger partial charge < -0.3 is 5.11 Å². The average Bonchev–Trinajstić information content (AvgIpc) is 2.94. The molecule has 2 heterocycles. The number of aromatic hydroxyl groups is 1. The van der Waals surface area contributed by atoms with Gasteiger partial charge in [0.15, 0.2) is 17.4 Å². The van der Waals surface area contributed by atoms with Gasteiger partial charge >= 0.3 is 0 Å². The van der Waals surface area contributed by atoms with Crippen molar-refractivity contribution in [3.8, 4) is 22.8 Å². The van der Waals surface area contributed by atoms with E-state index in [-0.39, 0.29) is 5.69 Å². The van der Waals surface area contributed by atoms with E-state index in [9.17, 15) is 13.9 Å². The maximum absolute atomic E-state index is 13.4. The minimum absolute atomic E-state index is 0.276. The molecule has 1 aromatic carbocycles. The van der Waals surface area contributed by atoms with Crippen molar-refractivity contribution in [2.45, 2.75) is 0 Å². The Balaban J connectivity index is 2.15. The van der Waals surface area contributed by atoms with E-state index >= 15 is 0 Å². The molecule has 20 heavy (non-hydrogen) atoms. The van der Waals surface area contributed by atoms with Gasteiger partial charge in [-0.25, -0.2) is 9.37 Å². The van der Waals surface area contributed by atoms with E-state index in [1.54, 1.807) is 35.3 Å². The van der Waals surface area contributed by atoms with Gasteiger partial charge in [-0.2, -0.15) is 4.39 Å². The van der Waals surface area contributed by atoms with Crippen LogP contribution >= 0.6 is 0 Å². The summed E-state index contributed by atoms with van der Waals surface area (Å²) in [7, 11) is 0. The third kappa shape index (κ3) is 2.01. The first-order chi connectivity index (χ1) is 9.66. The number of halogens is 2. The van der Waals surface area contributed by atoms with Gasteiger partial charge in [0.1, 0.15) is 5.82 Å². The number of rotatable bonds is 2. The van der Waals surface area contributed by atoms with Gasteiger partial charge in [0, 0.05) is 42.5 Å². The van der Waals surface area contributed by atoms with Crippen LogP contribution in [0.15, 0.2) is 49.1 Å². The van der Waals surface area contributed by atoms with Crippen LogP contribution in [-0.2, 0) is 0 Å². The maximum atomic E-state index is 13.4. The van der Waals surface area contributed by atoms with Crippen molar-refractivity contribution in [3.63, 3.8) is 0 Å². The van der Waals surface area contributed by atoms with Crippen LogP contribution in [0.4, 0.5) is 8.78 Å². The summed E-state index contributed by atoms with van der Waals surface area (Å²) in [5.74, 6) is -2.61. The largest absolute Gasteiger partial charge is 0.505 e. The number of benzene rings is 1. The number of phenols is 1. The second-order valence-corrected chi connectivity index (χ2v) is 4.12. The number of hydrogen-bond acceptors (Lipinski definition) is 3. The van der Waals surface area contributed by atoms with E-state index in [0.29, 0.717) is 5.82 Å². The highest BCUT2D eigenvalue weighted by Gasteiger charge is 2.13. The Morgan fingerprint density at radius 1 is 1.15 bits per heavy atom. The van der Waals surface area contributed by atoms with Crippen molar-refractivity contribution in [3.05, 3.63) is 60.7 Å². The molecule has 3 rings (SSSR count). The molecule has 0 atom stereocenters. The highest BCUT2D eigenvalue weighted by atomic mass is 19.2. The summed E-state index contributed by atoms with van der Waals surface area (Å²) in [6, 6.07) is 5.68. The molecule has 3 aromatic rings. The molecular formula is C14H9F2N3O. The molecule has 0 fully saturated rings. The zero-order valence-corrected chi connectivity index (χ0v) is 10.2. The van der Waals surface area contributed by atoms with E-state index in [1.165, 1.54) is 6.20 Å². The minimum Gasteiger partial charge on any atom is -0.505 e. The highest BCUT2D eigenvalue weighted by molar-refractivity contribution is 5.58. The zero-order chi connectivity index (χ0) is 14.1. The number of hydrogen-bond donors (Lipinski definition) is 1. The smallest absolute Gasteiger partial charge is 0.200 e. The predicted molar refractivity (Wildman–Crippen MR) is 68.4 cm³/mol. The molecule has 0 radical (unpaired) electrons. The molecule has 0 aliphatic rings. The summed E-state index contributed by atoms with van der Waals surface area (Å²) in [5.41, 5.74) is 1.000. The second kappa shape index (κ2) is 4.73. The van der Waals surface area contributed by atoms with E-state index in [1.807, 2.05) is 0 Å². The summed E-state index contributed by atoms with van der Waals surface area (Å²) >= 11 is 0. The lowest BCUT2D eigenvalue weighted by Gasteiger charge is -2.09. The summed E-state index contributed by atoms with van der Waals surface area (Å²) in [4.78, 5) is 8.16. The van der Waals surface area contributed by atoms with E-state index in [4.69, 9.17) is 0 Å². The Morgan fingerprint density at radius 2 is 2.00 bits per heavy atom. The Kier molecular flexibility index (Phi) is 2.90. The van der Waals surface area contributed by atoms with Crippen molar-refractivity contribution in [1.29, 1.82) is 0 Å². The number of phenolic OH excluding ortho intramolecular Hbond substituents is 1. The standard InChI is InChI=1S/C14H9F2N3O/c15-11-6-10(7-12(20)13(11)16)19-5-4-18-14(19)9-2-1-3-17-8-9/h1-8,20H. The second-order valence-electron chi connectivity index (χ2n) is 4.12. The van der Waals surface area contributed by atoms with Crippen LogP contribution in [0.25, 0.3) is 17.1 Å². The molecule has 0 spiro atoms. The number of aromatic nitrogens is 3. The number of pyridine rings is 1. The van der Waals surface area contributed by atoms with Gasteiger partial charge in [-0.15, -0.1) is 0 Å². The van der Waals surface area contributed by atoms with Crippen LogP contribution in [0.1, 0.15) is 0 Å². The quantitative estimate of drug-likeness (QED) is 0.781. The number of imidazole rings is 1. The molecule has 6 heteroatoms. The highest BCUT2D eigenvalue weighted by Crippen LogP contribution is 2.26. The van der Waals surface area contributed by atoms with Crippen LogP contribution in [0.2, 0.25) is 0 Å². The average molecular weight is 273 g/mol. The molecule has 2 aromatic heterocycles. The fourth-order valence-electron chi connectivity index (χ4n) is 1.92. The van der Waals surface area contributed by atoms with Crippen LogP contribution in [-0.4, -0.2) is 19.6 Å². The lowest BCUT2D eigenvalue weighted by atomic mass is 10.2. The third-order valence-corrected chi connectivity index (χ3v) is 2.83. The molecule has 0 bridgehead atoms. The van der Waals surface area contributed by atoms with Crippen LogP contribution in [0, 0.1) is 11.6 Å². The normalized spacial score (nSPS) is 10.7. The summed E-state index contributed by atoms with van der Waals surface area (Å²) in [5, 5.41) is 9.38. The van der Waals surface area contributed by atoms with Gasteiger partial charge in [-0.1, -0.05) is 0 Å². The van der Waals surface area contributed by atoms with Gasteiger partial charge in [0.05, 0.1) is 5.69 Å². The third-order valence-electron chi connectivity index (χ3n) is 2.83. The van der Waals surface area contributed by atoms with E-state index < -0.39 is 17.4 Å². The maximum Gasteiger partial charge on any atom is 0.200 e. The summed E-state index contributed by atoms with van der Waals surface area (Å²) in [6.07, 6.45) is 6.35. The summed E-state index contributed by atoms with van der Waals surface area (Å²) < 4.78 is 28.0. The topological polar surface area (TPSA) is 50.9 Å². The Bertz CT molecular complexity index is 733. The van der Waals surface area contributed by atoms with Gasteiger partial charge in [0.25, 0.3) is 0 Å². The number of nitrogens with zero attached hydrogens (tertiary/aromatic N) is 3. The fourth-order valence-corrected chi connectivity index (χ4v) is 1.92. The Hall–Kier alpha value is -2.76. The first kappa shape index (κ1) is 12.3. The van der Waals surface area contributed by atoms with Crippen molar-refractivity contribution >= 4 is 0 Å². The predicted octanol–water partition coefficient (Wildman–Crippen LogP) is 2.92. The van der Waals surface area contributed by atoms with Crippen LogP contribution in [0.3, 0.4) is 0 Å². The molecule has 0 saturated carbocycles. The van der Waals surface area contributed by atoms with Crippen molar-refractivity contribution in [2.75, 3.05) is 0 Å². The van der Waals surface area contributed by atoms with Gasteiger partial charge in [0.2, 0.25) is 0 Å². The van der Waals surface area contributed by atoms with Crippen molar-refractivity contribution in [1.82, 2.24) is 14.5 Å². The molecular weight excluding hydrogens is 264 g/mol.